The molecular weight excluding hydrogens is 196 g/mol. The van der Waals surface area contributed by atoms with Gasteiger partial charge in [-0.25, -0.2) is 0 Å². The Kier molecular flexibility index (Phi) is 2.75. The van der Waals surface area contributed by atoms with Crippen LogP contribution in [-0.2, 0) is 6.54 Å². The monoisotopic (exact) mass is 214 g/mol. The van der Waals surface area contributed by atoms with E-state index >= 15 is 0 Å². The molecule has 0 N–H and O–H groups in total. The predicted octanol–water partition coefficient (Wildman–Crippen LogP) is 2.48. The van der Waals surface area contributed by atoms with Crippen LogP contribution in [0.5, 0.6) is 0 Å². The standard InChI is InChI=1S/C14H18N2/c1-2-8-16(9-3-1)11-12-4-6-13(7-5-12)14-10-15-14/h4-7H,1-3,8-11H2. The van der Waals surface area contributed by atoms with Crippen LogP contribution in [0.4, 0.5) is 0 Å². The Morgan fingerprint density at radius 2 is 1.69 bits per heavy atom. The number of hydrogen-bond acceptors (Lipinski definition) is 2. The molecule has 0 saturated carbocycles. The Morgan fingerprint density at radius 1 is 1.00 bits per heavy atom. The van der Waals surface area contributed by atoms with Gasteiger partial charge in [0.2, 0.25) is 0 Å². The van der Waals surface area contributed by atoms with Crippen molar-refractivity contribution in [1.29, 1.82) is 0 Å². The number of benzene rings is 1. The summed E-state index contributed by atoms with van der Waals surface area (Å²) in [6.07, 6.45) is 4.15. The van der Waals surface area contributed by atoms with Gasteiger partial charge in [0.05, 0.1) is 12.3 Å². The summed E-state index contributed by atoms with van der Waals surface area (Å²) in [7, 11) is 0. The first-order valence-corrected chi connectivity index (χ1v) is 6.27. The summed E-state index contributed by atoms with van der Waals surface area (Å²) in [5.41, 5.74) is 4.01. The molecule has 1 aromatic carbocycles. The summed E-state index contributed by atoms with van der Waals surface area (Å²) in [4.78, 5) is 6.79. The second-order valence-electron chi connectivity index (χ2n) is 4.80. The maximum atomic E-state index is 4.22. The number of aliphatic imine (C=N–C) groups is 1. The zero-order valence-corrected chi connectivity index (χ0v) is 9.65. The summed E-state index contributed by atoms with van der Waals surface area (Å²) in [5, 5.41) is 0. The molecule has 0 aliphatic carbocycles. The second-order valence-corrected chi connectivity index (χ2v) is 4.80. The van der Waals surface area contributed by atoms with Crippen LogP contribution in [0.3, 0.4) is 0 Å². The third kappa shape index (κ3) is 2.33. The summed E-state index contributed by atoms with van der Waals surface area (Å²) in [6.45, 7) is 4.61. The van der Waals surface area contributed by atoms with Crippen LogP contribution in [0.2, 0.25) is 0 Å². The highest BCUT2D eigenvalue weighted by molar-refractivity contribution is 6.10. The third-order valence-corrected chi connectivity index (χ3v) is 3.46. The Morgan fingerprint density at radius 3 is 2.31 bits per heavy atom. The van der Waals surface area contributed by atoms with Crippen molar-refractivity contribution in [3.05, 3.63) is 35.4 Å². The normalized spacial score (nSPS) is 20.6. The van der Waals surface area contributed by atoms with Crippen molar-refractivity contribution in [2.75, 3.05) is 19.6 Å². The SMILES string of the molecule is c1cc(C2=NC2)ccc1CN1CCCCC1. The fourth-order valence-electron chi connectivity index (χ4n) is 2.40. The first-order chi connectivity index (χ1) is 7.92. The maximum absolute atomic E-state index is 4.22. The minimum absolute atomic E-state index is 0.950. The van der Waals surface area contributed by atoms with E-state index in [1.807, 2.05) is 0 Å². The zero-order valence-electron chi connectivity index (χ0n) is 9.65. The topological polar surface area (TPSA) is 15.6 Å². The summed E-state index contributed by atoms with van der Waals surface area (Å²) >= 11 is 0. The van der Waals surface area contributed by atoms with Crippen molar-refractivity contribution < 1.29 is 0 Å². The molecule has 0 aromatic heterocycles. The van der Waals surface area contributed by atoms with E-state index in [0.29, 0.717) is 0 Å². The fraction of sp³-hybridized carbons (Fsp3) is 0.500. The van der Waals surface area contributed by atoms with Crippen LogP contribution >= 0.6 is 0 Å². The van der Waals surface area contributed by atoms with Gasteiger partial charge in [-0.3, -0.25) is 9.89 Å². The first-order valence-electron chi connectivity index (χ1n) is 6.27. The van der Waals surface area contributed by atoms with Gasteiger partial charge in [-0.1, -0.05) is 30.7 Å². The first kappa shape index (κ1) is 10.0. The molecule has 0 spiro atoms. The van der Waals surface area contributed by atoms with Crippen LogP contribution in [-0.4, -0.2) is 30.2 Å². The molecule has 0 bridgehead atoms. The second kappa shape index (κ2) is 4.38. The highest BCUT2D eigenvalue weighted by atomic mass is 15.1. The molecule has 3 rings (SSSR count). The predicted molar refractivity (Wildman–Crippen MR) is 67.0 cm³/mol. The number of rotatable bonds is 3. The highest BCUT2D eigenvalue weighted by Gasteiger charge is 2.13. The lowest BCUT2D eigenvalue weighted by molar-refractivity contribution is 0.221. The molecule has 0 radical (unpaired) electrons. The summed E-state index contributed by atoms with van der Waals surface area (Å²) in [5.74, 6) is 0. The van der Waals surface area contributed by atoms with E-state index in [2.05, 4.69) is 34.2 Å². The van der Waals surface area contributed by atoms with Gasteiger partial charge < -0.3 is 0 Å². The van der Waals surface area contributed by atoms with E-state index in [-0.39, 0.29) is 0 Å². The van der Waals surface area contributed by atoms with E-state index in [1.54, 1.807) is 0 Å². The Bertz CT molecular complexity index is 386. The molecule has 1 fully saturated rings. The smallest absolute Gasteiger partial charge is 0.0817 e. The lowest BCUT2D eigenvalue weighted by atomic mass is 10.1. The summed E-state index contributed by atoms with van der Waals surface area (Å²) < 4.78 is 0. The molecule has 0 atom stereocenters. The maximum Gasteiger partial charge on any atom is 0.0817 e. The lowest BCUT2D eigenvalue weighted by Crippen LogP contribution is -2.29. The van der Waals surface area contributed by atoms with Gasteiger partial charge >= 0.3 is 0 Å². The van der Waals surface area contributed by atoms with Crippen molar-refractivity contribution in [3.8, 4) is 0 Å². The van der Waals surface area contributed by atoms with Crippen molar-refractivity contribution in [1.82, 2.24) is 4.90 Å². The number of nitrogens with zero attached hydrogens (tertiary/aromatic N) is 2. The lowest BCUT2D eigenvalue weighted by Gasteiger charge is -2.26. The minimum Gasteiger partial charge on any atom is -0.299 e. The third-order valence-electron chi connectivity index (χ3n) is 3.46. The van der Waals surface area contributed by atoms with E-state index in [1.165, 1.54) is 49.2 Å². The van der Waals surface area contributed by atoms with E-state index in [0.717, 1.165) is 13.1 Å². The van der Waals surface area contributed by atoms with E-state index in [4.69, 9.17) is 0 Å². The Balaban J connectivity index is 1.62. The van der Waals surface area contributed by atoms with E-state index in [9.17, 15) is 0 Å². The molecule has 0 unspecified atom stereocenters. The van der Waals surface area contributed by atoms with Crippen LogP contribution in [0, 0.1) is 0 Å². The Labute approximate surface area is 97.0 Å². The molecule has 2 aliphatic rings. The van der Waals surface area contributed by atoms with Gasteiger partial charge in [0.15, 0.2) is 0 Å². The van der Waals surface area contributed by atoms with Crippen LogP contribution in [0.1, 0.15) is 30.4 Å². The summed E-state index contributed by atoms with van der Waals surface area (Å²) in [6, 6.07) is 8.94. The van der Waals surface area contributed by atoms with Crippen molar-refractivity contribution >= 4 is 5.71 Å². The van der Waals surface area contributed by atoms with E-state index < -0.39 is 0 Å². The quantitative estimate of drug-likeness (QED) is 0.754. The zero-order chi connectivity index (χ0) is 10.8. The van der Waals surface area contributed by atoms with Crippen LogP contribution in [0.15, 0.2) is 29.3 Å². The molecule has 16 heavy (non-hydrogen) atoms. The molecule has 2 nitrogen and oxygen atoms in total. The molecule has 1 saturated heterocycles. The van der Waals surface area contributed by atoms with Crippen LogP contribution in [0.25, 0.3) is 0 Å². The molecular formula is C14H18N2. The molecule has 1 aromatic rings. The molecule has 2 heterocycles. The number of hydrogen-bond donors (Lipinski definition) is 0. The fourth-order valence-corrected chi connectivity index (χ4v) is 2.40. The molecule has 0 amide bonds. The molecule has 2 heteroatoms. The van der Waals surface area contributed by atoms with Crippen LogP contribution < -0.4 is 0 Å². The number of piperidine rings is 1. The van der Waals surface area contributed by atoms with Crippen molar-refractivity contribution in [2.45, 2.75) is 25.8 Å². The molecule has 2 aliphatic heterocycles. The van der Waals surface area contributed by atoms with Gasteiger partial charge in [-0.15, -0.1) is 0 Å². The average molecular weight is 214 g/mol. The van der Waals surface area contributed by atoms with Crippen molar-refractivity contribution in [3.63, 3.8) is 0 Å². The Hall–Kier alpha value is -1.15. The largest absolute Gasteiger partial charge is 0.299 e. The van der Waals surface area contributed by atoms with Gasteiger partial charge in [-0.05, 0) is 37.1 Å². The molecule has 84 valence electrons. The average Bonchev–Trinajstić information content (AvgIpc) is 3.15. The number of likely N-dealkylation sites (tertiary alicyclic amines) is 1. The van der Waals surface area contributed by atoms with Gasteiger partial charge in [-0.2, -0.15) is 0 Å². The van der Waals surface area contributed by atoms with Gasteiger partial charge in [0.25, 0.3) is 0 Å². The van der Waals surface area contributed by atoms with Crippen molar-refractivity contribution in [2.24, 2.45) is 4.99 Å². The van der Waals surface area contributed by atoms with Gasteiger partial charge in [0, 0.05) is 6.54 Å². The minimum atomic E-state index is 0.950. The van der Waals surface area contributed by atoms with Gasteiger partial charge in [0.1, 0.15) is 0 Å². The highest BCUT2D eigenvalue weighted by Crippen LogP contribution is 2.15.